The van der Waals surface area contributed by atoms with Crippen LogP contribution in [0.3, 0.4) is 0 Å². The second-order valence-corrected chi connectivity index (χ2v) is 9.56. The average molecular weight is 447 g/mol. The van der Waals surface area contributed by atoms with Crippen molar-refractivity contribution < 1.29 is 9.59 Å². The highest BCUT2D eigenvalue weighted by atomic mass is 16.2. The maximum Gasteiger partial charge on any atom is 0.254 e. The van der Waals surface area contributed by atoms with Gasteiger partial charge in [0, 0.05) is 23.6 Å². The number of benzene rings is 2. The number of aryl methyl sites for hydroxylation is 2. The molecular weight excluding hydrogens is 412 g/mol. The van der Waals surface area contributed by atoms with Crippen LogP contribution in [-0.2, 0) is 10.2 Å². The number of amides is 2. The minimum Gasteiger partial charge on any atom is -0.329 e. The molecule has 1 heterocycles. The largest absolute Gasteiger partial charge is 0.329 e. The van der Waals surface area contributed by atoms with E-state index in [1.807, 2.05) is 63.2 Å². The molecule has 0 saturated heterocycles. The molecule has 174 valence electrons. The first-order valence-electron chi connectivity index (χ1n) is 11.4. The number of anilines is 1. The maximum atomic E-state index is 13.1. The third-order valence-corrected chi connectivity index (χ3v) is 5.41. The van der Waals surface area contributed by atoms with Crippen LogP contribution in [0.5, 0.6) is 0 Å². The van der Waals surface area contributed by atoms with Gasteiger partial charge in [0.2, 0.25) is 5.91 Å². The van der Waals surface area contributed by atoms with Gasteiger partial charge in [0.05, 0.1) is 11.4 Å². The molecule has 0 saturated carbocycles. The summed E-state index contributed by atoms with van der Waals surface area (Å²) in [6, 6.07) is 17.3. The first-order valence-corrected chi connectivity index (χ1v) is 11.4. The molecule has 0 unspecified atom stereocenters. The van der Waals surface area contributed by atoms with Gasteiger partial charge in [-0.2, -0.15) is 5.10 Å². The fourth-order valence-corrected chi connectivity index (χ4v) is 3.55. The topological polar surface area (TPSA) is 67.2 Å². The number of carbonyl (C=O) groups excluding carboxylic acids is 2. The Kier molecular flexibility index (Phi) is 7.36. The molecule has 1 aromatic heterocycles. The number of rotatable bonds is 7. The minimum atomic E-state index is -0.252. The molecule has 0 radical (unpaired) electrons. The lowest BCUT2D eigenvalue weighted by molar-refractivity contribution is -0.116. The van der Waals surface area contributed by atoms with Gasteiger partial charge in [-0.05, 0) is 50.1 Å². The lowest BCUT2D eigenvalue weighted by atomic mass is 9.92. The first-order chi connectivity index (χ1) is 15.6. The van der Waals surface area contributed by atoms with Gasteiger partial charge in [0.25, 0.3) is 5.91 Å². The third kappa shape index (κ3) is 6.09. The van der Waals surface area contributed by atoms with E-state index in [-0.39, 0.29) is 23.8 Å². The van der Waals surface area contributed by atoms with Crippen LogP contribution in [0.2, 0.25) is 0 Å². The highest BCUT2D eigenvalue weighted by molar-refractivity contribution is 5.99. The third-order valence-electron chi connectivity index (χ3n) is 5.41. The summed E-state index contributed by atoms with van der Waals surface area (Å²) in [5, 5.41) is 7.77. The smallest absolute Gasteiger partial charge is 0.254 e. The quantitative estimate of drug-likeness (QED) is 0.537. The van der Waals surface area contributed by atoms with Gasteiger partial charge in [0.15, 0.2) is 0 Å². The van der Waals surface area contributed by atoms with Crippen molar-refractivity contribution in [3.63, 3.8) is 0 Å². The molecular formula is C27H34N4O2. The monoisotopic (exact) mass is 446 g/mol. The van der Waals surface area contributed by atoms with Crippen LogP contribution in [0, 0.1) is 13.8 Å². The molecule has 1 N–H and O–H groups in total. The van der Waals surface area contributed by atoms with Gasteiger partial charge < -0.3 is 10.2 Å². The Bertz CT molecular complexity index is 1120. The van der Waals surface area contributed by atoms with Gasteiger partial charge in [-0.3, -0.25) is 9.59 Å². The Morgan fingerprint density at radius 1 is 1.00 bits per heavy atom. The van der Waals surface area contributed by atoms with E-state index in [9.17, 15) is 9.59 Å². The van der Waals surface area contributed by atoms with Crippen LogP contribution in [0.1, 0.15) is 61.3 Å². The van der Waals surface area contributed by atoms with Gasteiger partial charge in [0.1, 0.15) is 12.4 Å². The average Bonchev–Trinajstić information content (AvgIpc) is 3.18. The van der Waals surface area contributed by atoms with E-state index < -0.39 is 0 Å². The van der Waals surface area contributed by atoms with Crippen molar-refractivity contribution in [3.05, 3.63) is 77.0 Å². The highest BCUT2D eigenvalue weighted by Crippen LogP contribution is 2.26. The van der Waals surface area contributed by atoms with Crippen LogP contribution in [-0.4, -0.2) is 39.6 Å². The van der Waals surface area contributed by atoms with E-state index in [2.05, 4.69) is 26.1 Å². The minimum absolute atomic E-state index is 0.0234. The predicted octanol–water partition coefficient (Wildman–Crippen LogP) is 5.28. The molecule has 3 rings (SSSR count). The van der Waals surface area contributed by atoms with Gasteiger partial charge in [-0.1, -0.05) is 57.5 Å². The summed E-state index contributed by atoms with van der Waals surface area (Å²) in [7, 11) is 0. The zero-order valence-electron chi connectivity index (χ0n) is 20.5. The summed E-state index contributed by atoms with van der Waals surface area (Å²) in [6.07, 6.45) is 0.764. The maximum absolute atomic E-state index is 13.1. The normalized spacial score (nSPS) is 11.3. The second-order valence-electron chi connectivity index (χ2n) is 9.56. The molecule has 2 aromatic carbocycles. The number of carbonyl (C=O) groups is 2. The van der Waals surface area contributed by atoms with Gasteiger partial charge >= 0.3 is 0 Å². The molecule has 0 aliphatic heterocycles. The summed E-state index contributed by atoms with van der Waals surface area (Å²) < 4.78 is 1.76. The number of aromatic nitrogens is 2. The van der Waals surface area contributed by atoms with Gasteiger partial charge in [-0.25, -0.2) is 4.68 Å². The first kappa shape index (κ1) is 24.2. The van der Waals surface area contributed by atoms with Crippen molar-refractivity contribution in [1.82, 2.24) is 14.7 Å². The lowest BCUT2D eigenvalue weighted by Gasteiger charge is -2.22. The van der Waals surface area contributed by atoms with Crippen LogP contribution in [0.4, 0.5) is 5.82 Å². The molecule has 6 nitrogen and oxygen atoms in total. The van der Waals surface area contributed by atoms with E-state index >= 15 is 0 Å². The molecule has 33 heavy (non-hydrogen) atoms. The summed E-state index contributed by atoms with van der Waals surface area (Å²) in [4.78, 5) is 27.7. The van der Waals surface area contributed by atoms with Gasteiger partial charge in [-0.15, -0.1) is 0 Å². The molecule has 3 aromatic rings. The highest BCUT2D eigenvalue weighted by Gasteiger charge is 2.23. The molecule has 2 amide bonds. The molecule has 6 heteroatoms. The summed E-state index contributed by atoms with van der Waals surface area (Å²) in [5.74, 6) is 0.197. The Balaban J connectivity index is 1.85. The van der Waals surface area contributed by atoms with E-state index in [4.69, 9.17) is 5.10 Å². The number of hydrogen-bond acceptors (Lipinski definition) is 3. The molecule has 0 bridgehead atoms. The lowest BCUT2D eigenvalue weighted by Crippen LogP contribution is -2.38. The summed E-state index contributed by atoms with van der Waals surface area (Å²) in [6.45, 7) is 12.7. The molecule has 0 spiro atoms. The van der Waals surface area contributed by atoms with Crippen molar-refractivity contribution in [2.24, 2.45) is 0 Å². The van der Waals surface area contributed by atoms with E-state index in [0.717, 1.165) is 28.9 Å². The standard InChI is InChI=1S/C27H34N4O2/c1-7-15-30(26(33)21-13-11-19(2)12-14-21)18-25(32)28-24-17-23(27(4,5)6)29-31(24)22-10-8-9-20(3)16-22/h8-14,16-17H,7,15,18H2,1-6H3,(H,28,32). The Morgan fingerprint density at radius 2 is 1.70 bits per heavy atom. The number of nitrogens with one attached hydrogen (secondary N) is 1. The predicted molar refractivity (Wildman–Crippen MR) is 133 cm³/mol. The number of nitrogens with zero attached hydrogens (tertiary/aromatic N) is 3. The zero-order chi connectivity index (χ0) is 24.2. The SMILES string of the molecule is CCCN(CC(=O)Nc1cc(C(C)(C)C)nn1-c1cccc(C)c1)C(=O)c1ccc(C)cc1. The van der Waals surface area contributed by atoms with Crippen LogP contribution in [0.15, 0.2) is 54.6 Å². The van der Waals surface area contributed by atoms with E-state index in [1.165, 1.54) is 0 Å². The fraction of sp³-hybridized carbons (Fsp3) is 0.370. The Labute approximate surface area is 196 Å². The van der Waals surface area contributed by atoms with Crippen LogP contribution < -0.4 is 5.32 Å². The molecule has 0 aliphatic rings. The molecule has 0 aliphatic carbocycles. The van der Waals surface area contributed by atoms with Crippen molar-refractivity contribution in [2.45, 2.75) is 53.4 Å². The number of hydrogen-bond donors (Lipinski definition) is 1. The zero-order valence-corrected chi connectivity index (χ0v) is 20.5. The molecule has 0 fully saturated rings. The van der Waals surface area contributed by atoms with Crippen LogP contribution in [0.25, 0.3) is 5.69 Å². The van der Waals surface area contributed by atoms with Crippen molar-refractivity contribution in [2.75, 3.05) is 18.4 Å². The fourth-order valence-electron chi connectivity index (χ4n) is 3.55. The second kappa shape index (κ2) is 10.0. The van der Waals surface area contributed by atoms with E-state index in [1.54, 1.807) is 21.7 Å². The van der Waals surface area contributed by atoms with E-state index in [0.29, 0.717) is 17.9 Å². The van der Waals surface area contributed by atoms with Crippen molar-refractivity contribution >= 4 is 17.6 Å². The Hall–Kier alpha value is -3.41. The Morgan fingerprint density at radius 3 is 2.30 bits per heavy atom. The summed E-state index contributed by atoms with van der Waals surface area (Å²) >= 11 is 0. The summed E-state index contributed by atoms with van der Waals surface area (Å²) in [5.41, 5.74) is 4.36. The van der Waals surface area contributed by atoms with Crippen molar-refractivity contribution in [3.8, 4) is 5.69 Å². The van der Waals surface area contributed by atoms with Crippen LogP contribution >= 0.6 is 0 Å². The van der Waals surface area contributed by atoms with Crippen molar-refractivity contribution in [1.29, 1.82) is 0 Å². The molecule has 0 atom stereocenters.